The summed E-state index contributed by atoms with van der Waals surface area (Å²) in [4.78, 5) is 4.49. The normalized spacial score (nSPS) is 11.2. The van der Waals surface area contributed by atoms with Crippen LogP contribution >= 0.6 is 11.3 Å². The lowest BCUT2D eigenvalue weighted by Gasteiger charge is -2.08. The number of ether oxygens (including phenoxy) is 4. The number of fused-ring (bicyclic) bond motifs is 1. The molecule has 0 unspecified atom stereocenters. The molecule has 29 heavy (non-hydrogen) atoms. The van der Waals surface area contributed by atoms with Crippen molar-refractivity contribution in [2.45, 2.75) is 0 Å². The molecular weight excluding hydrogens is 397 g/mol. The Labute approximate surface area is 172 Å². The molecule has 0 fully saturated rings. The van der Waals surface area contributed by atoms with E-state index in [4.69, 9.17) is 24.1 Å². The summed E-state index contributed by atoms with van der Waals surface area (Å²) in [5, 5.41) is 9.41. The molecule has 0 radical (unpaired) electrons. The number of aliphatic hydroxyl groups is 1. The second-order valence-electron chi connectivity index (χ2n) is 6.06. The van der Waals surface area contributed by atoms with E-state index in [1.807, 2.05) is 24.3 Å². The number of halogens is 1. The first-order valence-corrected chi connectivity index (χ1v) is 10.2. The Morgan fingerprint density at radius 3 is 2.17 bits per heavy atom. The molecule has 1 heterocycles. The van der Waals surface area contributed by atoms with E-state index < -0.39 is 0 Å². The first-order chi connectivity index (χ1) is 14.3. The van der Waals surface area contributed by atoms with Crippen LogP contribution in [0.25, 0.3) is 20.8 Å². The van der Waals surface area contributed by atoms with Crippen molar-refractivity contribution in [3.05, 3.63) is 48.3 Å². The number of benzene rings is 2. The fraction of sp³-hybridized carbons (Fsp3) is 0.381. The molecule has 0 bridgehead atoms. The summed E-state index contributed by atoms with van der Waals surface area (Å²) in [6.07, 6.45) is 0. The first kappa shape index (κ1) is 21.6. The van der Waals surface area contributed by atoms with Crippen molar-refractivity contribution in [2.24, 2.45) is 0 Å². The summed E-state index contributed by atoms with van der Waals surface area (Å²) in [7, 11) is 0. The number of aliphatic hydroxyl groups excluding tert-OH is 1. The monoisotopic (exact) mass is 421 g/mol. The van der Waals surface area contributed by atoms with E-state index in [2.05, 4.69) is 4.98 Å². The van der Waals surface area contributed by atoms with Crippen LogP contribution in [0.2, 0.25) is 0 Å². The minimum atomic E-state index is -0.279. The van der Waals surface area contributed by atoms with Gasteiger partial charge in [-0.05, 0) is 36.4 Å². The zero-order chi connectivity index (χ0) is 20.3. The van der Waals surface area contributed by atoms with Gasteiger partial charge in [0.2, 0.25) is 0 Å². The van der Waals surface area contributed by atoms with Gasteiger partial charge in [0.05, 0.1) is 56.5 Å². The number of aromatic nitrogens is 1. The second-order valence-corrected chi connectivity index (χ2v) is 7.10. The Hall–Kier alpha value is -2.10. The van der Waals surface area contributed by atoms with E-state index in [0.29, 0.717) is 51.8 Å². The van der Waals surface area contributed by atoms with E-state index in [9.17, 15) is 4.39 Å². The van der Waals surface area contributed by atoms with Gasteiger partial charge in [0.25, 0.3) is 0 Å². The Bertz CT molecular complexity index is 871. The highest BCUT2D eigenvalue weighted by atomic mass is 32.1. The van der Waals surface area contributed by atoms with Crippen LogP contribution in [0.1, 0.15) is 0 Å². The molecule has 3 aromatic rings. The van der Waals surface area contributed by atoms with Crippen molar-refractivity contribution >= 4 is 21.6 Å². The van der Waals surface area contributed by atoms with E-state index in [1.165, 1.54) is 23.5 Å². The zero-order valence-electron chi connectivity index (χ0n) is 16.0. The lowest BCUT2D eigenvalue weighted by atomic mass is 10.2. The van der Waals surface area contributed by atoms with Crippen LogP contribution in [-0.2, 0) is 14.2 Å². The average molecular weight is 421 g/mol. The summed E-state index contributed by atoms with van der Waals surface area (Å²) >= 11 is 1.53. The number of thiazole rings is 1. The fourth-order valence-electron chi connectivity index (χ4n) is 2.54. The standard InChI is InChI=1S/C21H24FNO5S/c22-17-3-6-20-19(15-17)23-21(29-20)16-1-4-18(5-2-16)28-14-13-27-12-11-26-10-9-25-8-7-24/h1-6,15,24H,7-14H2. The van der Waals surface area contributed by atoms with Gasteiger partial charge in [-0.1, -0.05) is 0 Å². The summed E-state index contributed by atoms with van der Waals surface area (Å²) < 4.78 is 35.8. The van der Waals surface area contributed by atoms with E-state index in [0.717, 1.165) is 21.0 Å². The van der Waals surface area contributed by atoms with Crippen LogP contribution in [-0.4, -0.2) is 62.9 Å². The molecule has 3 rings (SSSR count). The molecular formula is C21H24FNO5S. The molecule has 0 saturated carbocycles. The fourth-order valence-corrected chi connectivity index (χ4v) is 3.49. The van der Waals surface area contributed by atoms with Gasteiger partial charge in [0.15, 0.2) is 0 Å². The lowest BCUT2D eigenvalue weighted by Crippen LogP contribution is -2.13. The van der Waals surface area contributed by atoms with Gasteiger partial charge in [-0.3, -0.25) is 0 Å². The van der Waals surface area contributed by atoms with Crippen molar-refractivity contribution in [1.82, 2.24) is 4.98 Å². The molecule has 1 N–H and O–H groups in total. The summed E-state index contributed by atoms with van der Waals surface area (Å²) in [5.41, 5.74) is 1.64. The molecule has 8 heteroatoms. The van der Waals surface area contributed by atoms with Crippen LogP contribution in [0.4, 0.5) is 4.39 Å². The van der Waals surface area contributed by atoms with E-state index >= 15 is 0 Å². The highest BCUT2D eigenvalue weighted by Gasteiger charge is 2.07. The van der Waals surface area contributed by atoms with Gasteiger partial charge in [-0.2, -0.15) is 0 Å². The first-order valence-electron chi connectivity index (χ1n) is 9.39. The summed E-state index contributed by atoms with van der Waals surface area (Å²) in [6.45, 7) is 3.19. The third kappa shape index (κ3) is 7.02. The minimum absolute atomic E-state index is 0.0229. The maximum Gasteiger partial charge on any atom is 0.125 e. The van der Waals surface area contributed by atoms with Gasteiger partial charge < -0.3 is 24.1 Å². The smallest absolute Gasteiger partial charge is 0.125 e. The third-order valence-electron chi connectivity index (χ3n) is 3.93. The SMILES string of the molecule is OCCOCCOCCOCCOc1ccc(-c2nc3cc(F)ccc3s2)cc1. The van der Waals surface area contributed by atoms with E-state index in [1.54, 1.807) is 6.07 Å². The van der Waals surface area contributed by atoms with E-state index in [-0.39, 0.29) is 12.4 Å². The number of hydrogen-bond acceptors (Lipinski definition) is 7. The Balaban J connectivity index is 1.33. The molecule has 0 amide bonds. The zero-order valence-corrected chi connectivity index (χ0v) is 16.8. The molecule has 2 aromatic carbocycles. The summed E-state index contributed by atoms with van der Waals surface area (Å²) in [6, 6.07) is 12.3. The quantitative estimate of drug-likeness (QED) is 0.426. The minimum Gasteiger partial charge on any atom is -0.491 e. The molecule has 0 aliphatic heterocycles. The van der Waals surface area contributed by atoms with Crippen LogP contribution in [0.3, 0.4) is 0 Å². The number of nitrogens with zero attached hydrogens (tertiary/aromatic N) is 1. The molecule has 156 valence electrons. The largest absolute Gasteiger partial charge is 0.491 e. The van der Waals surface area contributed by atoms with Crippen molar-refractivity contribution in [3.8, 4) is 16.3 Å². The molecule has 1 aromatic heterocycles. The molecule has 0 saturated heterocycles. The second kappa shape index (κ2) is 11.8. The highest BCUT2D eigenvalue weighted by molar-refractivity contribution is 7.21. The van der Waals surface area contributed by atoms with Crippen molar-refractivity contribution in [1.29, 1.82) is 0 Å². The van der Waals surface area contributed by atoms with Crippen LogP contribution in [0, 0.1) is 5.82 Å². The number of hydrogen-bond donors (Lipinski definition) is 1. The predicted octanol–water partition coefficient (Wildman–Crippen LogP) is 3.52. The molecule has 0 aliphatic rings. The third-order valence-corrected chi connectivity index (χ3v) is 5.01. The molecule has 0 atom stereocenters. The lowest BCUT2D eigenvalue weighted by molar-refractivity contribution is 0.00361. The predicted molar refractivity (Wildman–Crippen MR) is 110 cm³/mol. The number of rotatable bonds is 13. The maximum atomic E-state index is 13.3. The topological polar surface area (TPSA) is 70.0 Å². The highest BCUT2D eigenvalue weighted by Crippen LogP contribution is 2.31. The molecule has 0 spiro atoms. The van der Waals surface area contributed by atoms with Crippen LogP contribution in [0.15, 0.2) is 42.5 Å². The van der Waals surface area contributed by atoms with Gasteiger partial charge in [0, 0.05) is 11.6 Å². The van der Waals surface area contributed by atoms with Crippen molar-refractivity contribution in [2.75, 3.05) is 52.9 Å². The Kier molecular flexibility index (Phi) is 8.79. The Morgan fingerprint density at radius 1 is 0.828 bits per heavy atom. The molecule has 6 nitrogen and oxygen atoms in total. The van der Waals surface area contributed by atoms with Crippen molar-refractivity contribution in [3.63, 3.8) is 0 Å². The average Bonchev–Trinajstić information content (AvgIpc) is 3.15. The van der Waals surface area contributed by atoms with Gasteiger partial charge in [-0.15, -0.1) is 11.3 Å². The van der Waals surface area contributed by atoms with Crippen LogP contribution < -0.4 is 4.74 Å². The van der Waals surface area contributed by atoms with Gasteiger partial charge in [0.1, 0.15) is 23.2 Å². The molecule has 0 aliphatic carbocycles. The van der Waals surface area contributed by atoms with Crippen molar-refractivity contribution < 1.29 is 28.4 Å². The summed E-state index contributed by atoms with van der Waals surface area (Å²) in [5.74, 6) is 0.473. The van der Waals surface area contributed by atoms with Crippen LogP contribution in [0.5, 0.6) is 5.75 Å². The Morgan fingerprint density at radius 2 is 1.48 bits per heavy atom. The van der Waals surface area contributed by atoms with Gasteiger partial charge in [-0.25, -0.2) is 9.37 Å². The maximum absolute atomic E-state index is 13.3. The van der Waals surface area contributed by atoms with Gasteiger partial charge >= 0.3 is 0 Å².